The molecule has 3 aliphatic rings. The van der Waals surface area contributed by atoms with Gasteiger partial charge in [-0.25, -0.2) is 0 Å². The first-order valence-electron chi connectivity index (χ1n) is 8.63. The zero-order chi connectivity index (χ0) is 20.5. The van der Waals surface area contributed by atoms with Crippen LogP contribution in [-0.4, -0.2) is 53.9 Å². The highest BCUT2D eigenvalue weighted by molar-refractivity contribution is 5.24. The lowest BCUT2D eigenvalue weighted by Gasteiger charge is -2.40. The summed E-state index contributed by atoms with van der Waals surface area (Å²) in [5.41, 5.74) is 0. The number of rotatable bonds is 3. The van der Waals surface area contributed by atoms with E-state index in [2.05, 4.69) is 4.98 Å². The van der Waals surface area contributed by atoms with Crippen molar-refractivity contribution in [2.45, 2.75) is 63.4 Å². The Balaban J connectivity index is 1.63. The minimum Gasteiger partial charge on any atom is -0.482 e. The second-order valence-corrected chi connectivity index (χ2v) is 7.74. The molecule has 0 radical (unpaired) electrons. The van der Waals surface area contributed by atoms with Crippen LogP contribution < -0.4 is 4.74 Å². The predicted molar refractivity (Wildman–Crippen MR) is 82.1 cm³/mol. The van der Waals surface area contributed by atoms with Gasteiger partial charge in [-0.1, -0.05) is 0 Å². The Morgan fingerprint density at radius 1 is 0.964 bits per heavy atom. The standard InChI is InChI=1S/C17H19F4NO6/c1-15(2)25-7-5-24-17(12(10(7)26-15)27-16(3,4)28-17)6-23-11-8(18)13(20)22-14(21)9(11)19/h7,10,12H,5-6H2,1-4H3. The van der Waals surface area contributed by atoms with E-state index in [1.165, 1.54) is 0 Å². The third-order valence-corrected chi connectivity index (χ3v) is 4.65. The molecule has 4 atom stereocenters. The minimum atomic E-state index is -1.83. The average Bonchev–Trinajstić information content (AvgIpc) is 3.04. The van der Waals surface area contributed by atoms with Gasteiger partial charge in [0.1, 0.15) is 24.9 Å². The van der Waals surface area contributed by atoms with Gasteiger partial charge in [-0.15, -0.1) is 0 Å². The van der Waals surface area contributed by atoms with Gasteiger partial charge < -0.3 is 28.4 Å². The molecule has 7 nitrogen and oxygen atoms in total. The van der Waals surface area contributed by atoms with Crippen molar-refractivity contribution in [2.75, 3.05) is 13.2 Å². The lowest BCUT2D eigenvalue weighted by molar-refractivity contribution is -0.291. The number of fused-ring (bicyclic) bond motifs is 3. The first kappa shape index (κ1) is 19.8. The molecule has 4 unspecified atom stereocenters. The Morgan fingerprint density at radius 3 is 2.25 bits per heavy atom. The molecule has 0 bridgehead atoms. The molecular weight excluding hydrogens is 390 g/mol. The average molecular weight is 409 g/mol. The van der Waals surface area contributed by atoms with Gasteiger partial charge in [0.25, 0.3) is 11.9 Å². The Bertz CT molecular complexity index is 780. The third-order valence-electron chi connectivity index (χ3n) is 4.65. The molecule has 3 fully saturated rings. The van der Waals surface area contributed by atoms with Gasteiger partial charge in [0, 0.05) is 0 Å². The quantitative estimate of drug-likeness (QED) is 0.561. The van der Waals surface area contributed by atoms with Crippen molar-refractivity contribution in [1.82, 2.24) is 4.98 Å². The van der Waals surface area contributed by atoms with Crippen LogP contribution in [0.4, 0.5) is 17.6 Å². The zero-order valence-corrected chi connectivity index (χ0v) is 15.6. The molecule has 0 aromatic carbocycles. The SMILES string of the molecule is CC1(C)OC2COC3(COc4c(F)c(F)nc(F)c4F)OC(C)(C)OC3C2O1. The molecule has 0 amide bonds. The first-order chi connectivity index (χ1) is 12.9. The molecule has 11 heteroatoms. The molecule has 0 spiro atoms. The number of ether oxygens (including phenoxy) is 6. The van der Waals surface area contributed by atoms with Crippen LogP contribution in [0, 0.1) is 23.5 Å². The first-order valence-corrected chi connectivity index (χ1v) is 8.63. The maximum absolute atomic E-state index is 13.9. The van der Waals surface area contributed by atoms with E-state index in [9.17, 15) is 17.6 Å². The van der Waals surface area contributed by atoms with Gasteiger partial charge in [-0.05, 0) is 27.7 Å². The second-order valence-electron chi connectivity index (χ2n) is 7.74. The normalized spacial score (nSPS) is 35.5. The van der Waals surface area contributed by atoms with Crippen LogP contribution in [-0.2, 0) is 23.7 Å². The highest BCUT2D eigenvalue weighted by Gasteiger charge is 2.66. The second kappa shape index (κ2) is 6.23. The number of halogens is 4. The summed E-state index contributed by atoms with van der Waals surface area (Å²) in [5.74, 6) is -12.1. The third kappa shape index (κ3) is 3.14. The smallest absolute Gasteiger partial charge is 0.255 e. The van der Waals surface area contributed by atoms with Gasteiger partial charge in [0.2, 0.25) is 23.2 Å². The van der Waals surface area contributed by atoms with Crippen LogP contribution in [0.5, 0.6) is 5.75 Å². The molecule has 3 aliphatic heterocycles. The summed E-state index contributed by atoms with van der Waals surface area (Å²) in [6.45, 7) is 6.07. The van der Waals surface area contributed by atoms with Gasteiger partial charge in [0.05, 0.1) is 6.61 Å². The molecule has 0 N–H and O–H groups in total. The van der Waals surface area contributed by atoms with E-state index in [-0.39, 0.29) is 6.61 Å². The number of hydrogen-bond donors (Lipinski definition) is 0. The van der Waals surface area contributed by atoms with Gasteiger partial charge in [-0.2, -0.15) is 22.5 Å². The molecule has 4 heterocycles. The predicted octanol–water partition coefficient (Wildman–Crippen LogP) is 2.41. The summed E-state index contributed by atoms with van der Waals surface area (Å²) < 4.78 is 88.6. The molecule has 1 aromatic heterocycles. The van der Waals surface area contributed by atoms with Crippen LogP contribution in [0.1, 0.15) is 27.7 Å². The summed E-state index contributed by atoms with van der Waals surface area (Å²) in [6.07, 6.45) is -1.96. The van der Waals surface area contributed by atoms with Crippen LogP contribution >= 0.6 is 0 Å². The fourth-order valence-corrected chi connectivity index (χ4v) is 3.72. The van der Waals surface area contributed by atoms with Crippen molar-refractivity contribution in [3.63, 3.8) is 0 Å². The van der Waals surface area contributed by atoms with Crippen molar-refractivity contribution < 1.29 is 46.0 Å². The van der Waals surface area contributed by atoms with Crippen LogP contribution in [0.25, 0.3) is 0 Å². The number of pyridine rings is 1. The Hall–Kier alpha value is -1.53. The molecule has 1 aromatic rings. The lowest BCUT2D eigenvalue weighted by Crippen LogP contribution is -2.61. The van der Waals surface area contributed by atoms with Crippen molar-refractivity contribution in [2.24, 2.45) is 0 Å². The van der Waals surface area contributed by atoms with Crippen molar-refractivity contribution in [3.05, 3.63) is 23.5 Å². The largest absolute Gasteiger partial charge is 0.482 e. The van der Waals surface area contributed by atoms with Gasteiger partial charge in [-0.3, -0.25) is 0 Å². The van der Waals surface area contributed by atoms with Crippen molar-refractivity contribution in [1.29, 1.82) is 0 Å². The summed E-state index contributed by atoms with van der Waals surface area (Å²) in [5, 5.41) is 0. The van der Waals surface area contributed by atoms with E-state index in [1.807, 2.05) is 0 Å². The summed E-state index contributed by atoms with van der Waals surface area (Å²) in [7, 11) is 0. The molecule has 4 rings (SSSR count). The van der Waals surface area contributed by atoms with E-state index in [0.29, 0.717) is 0 Å². The summed E-state index contributed by atoms with van der Waals surface area (Å²) in [4.78, 5) is 2.49. The molecule has 156 valence electrons. The van der Waals surface area contributed by atoms with E-state index in [0.717, 1.165) is 0 Å². The molecular formula is C17H19F4NO6. The fraction of sp³-hybridized carbons (Fsp3) is 0.706. The maximum atomic E-state index is 13.9. The lowest BCUT2D eigenvalue weighted by atomic mass is 9.97. The Morgan fingerprint density at radius 2 is 1.61 bits per heavy atom. The Kier molecular flexibility index (Phi) is 4.40. The number of aromatic nitrogens is 1. The fourth-order valence-electron chi connectivity index (χ4n) is 3.72. The summed E-state index contributed by atoms with van der Waals surface area (Å²) >= 11 is 0. The van der Waals surface area contributed by atoms with E-state index < -0.39 is 71.6 Å². The zero-order valence-electron chi connectivity index (χ0n) is 15.6. The maximum Gasteiger partial charge on any atom is 0.255 e. The molecule has 0 saturated carbocycles. The van der Waals surface area contributed by atoms with Gasteiger partial charge in [0.15, 0.2) is 11.6 Å². The van der Waals surface area contributed by atoms with Gasteiger partial charge >= 0.3 is 0 Å². The van der Waals surface area contributed by atoms with E-state index in [4.69, 9.17) is 28.4 Å². The topological polar surface area (TPSA) is 68.3 Å². The minimum absolute atomic E-state index is 0.0252. The van der Waals surface area contributed by atoms with Crippen molar-refractivity contribution in [3.8, 4) is 5.75 Å². The number of nitrogens with zero attached hydrogens (tertiary/aromatic N) is 1. The Labute approximate surface area is 157 Å². The monoisotopic (exact) mass is 409 g/mol. The van der Waals surface area contributed by atoms with Crippen LogP contribution in [0.3, 0.4) is 0 Å². The van der Waals surface area contributed by atoms with Crippen molar-refractivity contribution >= 4 is 0 Å². The highest BCUT2D eigenvalue weighted by atomic mass is 19.2. The number of hydrogen-bond acceptors (Lipinski definition) is 7. The van der Waals surface area contributed by atoms with Crippen LogP contribution in [0.15, 0.2) is 0 Å². The highest BCUT2D eigenvalue weighted by Crippen LogP contribution is 2.47. The molecule has 0 aliphatic carbocycles. The van der Waals surface area contributed by atoms with Crippen LogP contribution in [0.2, 0.25) is 0 Å². The van der Waals surface area contributed by atoms with E-state index in [1.54, 1.807) is 27.7 Å². The molecule has 3 saturated heterocycles. The van der Waals surface area contributed by atoms with E-state index >= 15 is 0 Å². The summed E-state index contributed by atoms with van der Waals surface area (Å²) in [6, 6.07) is 0. The molecule has 28 heavy (non-hydrogen) atoms.